The van der Waals surface area contributed by atoms with Crippen molar-refractivity contribution in [2.45, 2.75) is 6.18 Å². The highest BCUT2D eigenvalue weighted by atomic mass is 19.4. The van der Waals surface area contributed by atoms with Crippen molar-refractivity contribution in [1.29, 1.82) is 0 Å². The summed E-state index contributed by atoms with van der Waals surface area (Å²) in [6.07, 6.45) is -3.34. The van der Waals surface area contributed by atoms with Gasteiger partial charge in [0.25, 0.3) is 5.91 Å². The van der Waals surface area contributed by atoms with Gasteiger partial charge in [0.15, 0.2) is 5.69 Å². The van der Waals surface area contributed by atoms with Gasteiger partial charge < -0.3 is 4.90 Å². The number of rotatable bonds is 2. The fraction of sp³-hybridized carbons (Fsp3) is 0.500. The number of alkyl halides is 3. The molecule has 14 heavy (non-hydrogen) atoms. The first-order valence-corrected chi connectivity index (χ1v) is 3.58. The van der Waals surface area contributed by atoms with Gasteiger partial charge in [-0.05, 0) is 0 Å². The van der Waals surface area contributed by atoms with E-state index in [0.717, 1.165) is 13.2 Å². The Kier molecular flexibility index (Phi) is 2.73. The Labute approximate surface area is 76.9 Å². The van der Waals surface area contributed by atoms with E-state index in [1.54, 1.807) is 0 Å². The number of nitrogens with zero attached hydrogens (tertiary/aromatic N) is 3. The van der Waals surface area contributed by atoms with Crippen molar-refractivity contribution in [3.8, 4) is 0 Å². The van der Waals surface area contributed by atoms with Gasteiger partial charge in [0.05, 0.1) is 6.20 Å². The van der Waals surface area contributed by atoms with Crippen LogP contribution in [0.1, 0.15) is 10.5 Å². The topological polar surface area (TPSA) is 61.9 Å². The summed E-state index contributed by atoms with van der Waals surface area (Å²) in [6.45, 7) is -1.31. The van der Waals surface area contributed by atoms with E-state index < -0.39 is 18.6 Å². The molecular formula is C6H7F3N4O. The summed E-state index contributed by atoms with van der Waals surface area (Å²) in [5, 5.41) is 8.83. The maximum atomic E-state index is 11.9. The lowest BCUT2D eigenvalue weighted by molar-refractivity contribution is -0.138. The number of carbonyl (C=O) groups is 1. The van der Waals surface area contributed by atoms with Crippen molar-refractivity contribution in [2.75, 3.05) is 13.6 Å². The van der Waals surface area contributed by atoms with Gasteiger partial charge in [-0.15, -0.1) is 0 Å². The first kappa shape index (κ1) is 10.5. The summed E-state index contributed by atoms with van der Waals surface area (Å²) >= 11 is 0. The van der Waals surface area contributed by atoms with Crippen LogP contribution >= 0.6 is 0 Å². The van der Waals surface area contributed by atoms with E-state index in [4.69, 9.17) is 0 Å². The third kappa shape index (κ3) is 2.71. The minimum absolute atomic E-state index is 0.142. The maximum absolute atomic E-state index is 11.9. The number of aromatic nitrogens is 3. The van der Waals surface area contributed by atoms with Crippen LogP contribution in [0.5, 0.6) is 0 Å². The number of carbonyl (C=O) groups excluding carboxylic acids is 1. The second-order valence-electron chi connectivity index (χ2n) is 2.63. The van der Waals surface area contributed by atoms with E-state index in [0.29, 0.717) is 4.90 Å². The van der Waals surface area contributed by atoms with E-state index in [1.165, 1.54) is 0 Å². The lowest BCUT2D eigenvalue weighted by atomic mass is 10.4. The fourth-order valence-electron chi connectivity index (χ4n) is 0.841. The molecule has 0 fully saturated rings. The molecule has 0 aliphatic carbocycles. The van der Waals surface area contributed by atoms with Gasteiger partial charge in [-0.1, -0.05) is 0 Å². The molecule has 1 aromatic heterocycles. The van der Waals surface area contributed by atoms with Crippen LogP contribution in [0.2, 0.25) is 0 Å². The molecule has 0 aliphatic heterocycles. The highest BCUT2D eigenvalue weighted by molar-refractivity contribution is 5.91. The van der Waals surface area contributed by atoms with Gasteiger partial charge in [-0.3, -0.25) is 4.79 Å². The number of aromatic amines is 1. The number of amides is 1. The predicted molar refractivity (Wildman–Crippen MR) is 39.4 cm³/mol. The van der Waals surface area contributed by atoms with Gasteiger partial charge in [0.2, 0.25) is 0 Å². The normalized spacial score (nSPS) is 11.4. The van der Waals surface area contributed by atoms with E-state index in [2.05, 4.69) is 15.4 Å². The van der Waals surface area contributed by atoms with Crippen LogP contribution in [-0.4, -0.2) is 46.0 Å². The summed E-state index contributed by atoms with van der Waals surface area (Å²) in [5.41, 5.74) is -0.142. The molecule has 1 N–H and O–H groups in total. The van der Waals surface area contributed by atoms with Crippen molar-refractivity contribution < 1.29 is 18.0 Å². The Morgan fingerprint density at radius 2 is 2.29 bits per heavy atom. The molecule has 1 amide bonds. The van der Waals surface area contributed by atoms with Crippen LogP contribution in [0.25, 0.3) is 0 Å². The molecule has 0 saturated carbocycles. The maximum Gasteiger partial charge on any atom is 0.406 e. The van der Waals surface area contributed by atoms with Crippen LogP contribution in [0.3, 0.4) is 0 Å². The monoisotopic (exact) mass is 208 g/mol. The lowest BCUT2D eigenvalue weighted by Crippen LogP contribution is -2.36. The summed E-state index contributed by atoms with van der Waals surface area (Å²) < 4.78 is 35.6. The van der Waals surface area contributed by atoms with Crippen molar-refractivity contribution in [1.82, 2.24) is 20.3 Å². The Hall–Kier alpha value is -1.60. The number of nitrogens with one attached hydrogen (secondary N) is 1. The number of hydrogen-bond acceptors (Lipinski definition) is 3. The van der Waals surface area contributed by atoms with Gasteiger partial charge in [0, 0.05) is 7.05 Å². The zero-order valence-corrected chi connectivity index (χ0v) is 7.17. The average molecular weight is 208 g/mol. The molecule has 78 valence electrons. The quantitative estimate of drug-likeness (QED) is 0.767. The lowest BCUT2D eigenvalue weighted by Gasteiger charge is -2.17. The summed E-state index contributed by atoms with van der Waals surface area (Å²) in [6, 6.07) is 0. The molecule has 1 rings (SSSR count). The molecule has 0 bridgehead atoms. The highest BCUT2D eigenvalue weighted by Crippen LogP contribution is 2.16. The van der Waals surface area contributed by atoms with Crippen LogP contribution in [-0.2, 0) is 0 Å². The molecular weight excluding hydrogens is 201 g/mol. The Morgan fingerprint density at radius 1 is 1.64 bits per heavy atom. The molecule has 0 atom stereocenters. The molecule has 1 aromatic rings. The Morgan fingerprint density at radius 3 is 2.71 bits per heavy atom. The third-order valence-electron chi connectivity index (χ3n) is 1.40. The van der Waals surface area contributed by atoms with E-state index in [9.17, 15) is 18.0 Å². The van der Waals surface area contributed by atoms with Gasteiger partial charge >= 0.3 is 6.18 Å². The molecule has 0 spiro atoms. The number of H-pyrrole nitrogens is 1. The second kappa shape index (κ2) is 3.64. The van der Waals surface area contributed by atoms with Gasteiger partial charge in [-0.2, -0.15) is 28.6 Å². The average Bonchev–Trinajstić information content (AvgIpc) is 2.51. The molecule has 1 heterocycles. The zero-order valence-electron chi connectivity index (χ0n) is 7.17. The van der Waals surface area contributed by atoms with Crippen LogP contribution in [0.4, 0.5) is 13.2 Å². The zero-order chi connectivity index (χ0) is 10.8. The van der Waals surface area contributed by atoms with Crippen molar-refractivity contribution in [2.24, 2.45) is 0 Å². The molecule has 0 radical (unpaired) electrons. The van der Waals surface area contributed by atoms with Gasteiger partial charge in [-0.25, -0.2) is 0 Å². The van der Waals surface area contributed by atoms with Crippen molar-refractivity contribution in [3.63, 3.8) is 0 Å². The largest absolute Gasteiger partial charge is 0.406 e. The molecule has 0 saturated heterocycles. The van der Waals surface area contributed by atoms with Crippen LogP contribution < -0.4 is 0 Å². The van der Waals surface area contributed by atoms with E-state index >= 15 is 0 Å². The van der Waals surface area contributed by atoms with E-state index in [-0.39, 0.29) is 5.69 Å². The number of hydrogen-bond donors (Lipinski definition) is 1. The minimum Gasteiger partial charge on any atom is -0.331 e. The SMILES string of the molecule is CN(CC(F)(F)F)C(=O)c1cn[nH]n1. The molecule has 0 aliphatic rings. The van der Waals surface area contributed by atoms with E-state index in [1.807, 2.05) is 0 Å². The molecule has 8 heteroatoms. The predicted octanol–water partition coefficient (Wildman–Crippen LogP) is 0.439. The first-order chi connectivity index (χ1) is 6.40. The van der Waals surface area contributed by atoms with Crippen molar-refractivity contribution in [3.05, 3.63) is 11.9 Å². The third-order valence-corrected chi connectivity index (χ3v) is 1.40. The molecule has 0 aromatic carbocycles. The minimum atomic E-state index is -4.41. The summed E-state index contributed by atoms with van der Waals surface area (Å²) in [4.78, 5) is 11.7. The fourth-order valence-corrected chi connectivity index (χ4v) is 0.841. The van der Waals surface area contributed by atoms with Crippen LogP contribution in [0, 0.1) is 0 Å². The smallest absolute Gasteiger partial charge is 0.331 e. The standard InChI is InChI=1S/C6H7F3N4O/c1-13(3-6(7,8)9)5(14)4-2-10-12-11-4/h2H,3H2,1H3,(H,10,11,12). The molecule has 0 unspecified atom stereocenters. The Balaban J connectivity index is 2.63. The number of halogens is 3. The Bertz CT molecular complexity index is 307. The second-order valence-corrected chi connectivity index (χ2v) is 2.63. The molecule has 5 nitrogen and oxygen atoms in total. The summed E-state index contributed by atoms with van der Waals surface area (Å²) in [7, 11) is 1.05. The van der Waals surface area contributed by atoms with Gasteiger partial charge in [0.1, 0.15) is 6.54 Å². The van der Waals surface area contributed by atoms with Crippen molar-refractivity contribution >= 4 is 5.91 Å². The first-order valence-electron chi connectivity index (χ1n) is 3.58. The highest BCUT2D eigenvalue weighted by Gasteiger charge is 2.31. The van der Waals surface area contributed by atoms with Crippen LogP contribution in [0.15, 0.2) is 6.20 Å². The summed E-state index contributed by atoms with van der Waals surface area (Å²) in [5.74, 6) is -0.823.